The molecule has 0 atom stereocenters. The Labute approximate surface area is 135 Å². The number of aryl methyl sites for hydroxylation is 1. The van der Waals surface area contributed by atoms with Gasteiger partial charge in [0, 0.05) is 11.9 Å². The molecule has 0 aliphatic carbocycles. The summed E-state index contributed by atoms with van der Waals surface area (Å²) in [6.45, 7) is 8.66. The van der Waals surface area contributed by atoms with Crippen LogP contribution in [-0.2, 0) is 13.2 Å². The maximum absolute atomic E-state index is 6.15. The van der Waals surface area contributed by atoms with E-state index in [1.54, 1.807) is 11.3 Å². The van der Waals surface area contributed by atoms with E-state index in [2.05, 4.69) is 24.1 Å². The number of rotatable bonds is 7. The molecule has 114 valence electrons. The first-order valence-electron chi connectivity index (χ1n) is 7.07. The highest BCUT2D eigenvalue weighted by molar-refractivity contribution is 7.09. The van der Waals surface area contributed by atoms with E-state index in [4.69, 9.17) is 16.3 Å². The third-order valence-electron chi connectivity index (χ3n) is 2.89. The van der Waals surface area contributed by atoms with Crippen LogP contribution in [0.5, 0.6) is 5.75 Å². The van der Waals surface area contributed by atoms with E-state index in [1.165, 1.54) is 0 Å². The van der Waals surface area contributed by atoms with Gasteiger partial charge in [0.15, 0.2) is 0 Å². The lowest BCUT2D eigenvalue weighted by atomic mass is 10.2. The van der Waals surface area contributed by atoms with Crippen LogP contribution in [0.2, 0.25) is 5.02 Å². The highest BCUT2D eigenvalue weighted by atomic mass is 35.5. The van der Waals surface area contributed by atoms with E-state index < -0.39 is 0 Å². The number of hydrogen-bond donors (Lipinski definition) is 1. The van der Waals surface area contributed by atoms with E-state index >= 15 is 0 Å². The van der Waals surface area contributed by atoms with Gasteiger partial charge in [-0.2, -0.15) is 0 Å². The minimum atomic E-state index is 0.448. The summed E-state index contributed by atoms with van der Waals surface area (Å²) in [6, 6.07) is 5.79. The van der Waals surface area contributed by atoms with Crippen molar-refractivity contribution in [2.45, 2.75) is 33.9 Å². The van der Waals surface area contributed by atoms with Gasteiger partial charge in [-0.1, -0.05) is 31.5 Å². The largest absolute Gasteiger partial charge is 0.486 e. The fraction of sp³-hybridized carbons (Fsp3) is 0.438. The molecule has 0 amide bonds. The van der Waals surface area contributed by atoms with Crippen LogP contribution in [-0.4, -0.2) is 11.5 Å². The molecular formula is C16H21ClN2OS. The van der Waals surface area contributed by atoms with Crippen LogP contribution in [0.15, 0.2) is 23.6 Å². The van der Waals surface area contributed by atoms with E-state index in [-0.39, 0.29) is 0 Å². The molecule has 1 N–H and O–H groups in total. The Balaban J connectivity index is 1.85. The summed E-state index contributed by atoms with van der Waals surface area (Å²) in [5.41, 5.74) is 2.07. The summed E-state index contributed by atoms with van der Waals surface area (Å²) in [5, 5.41) is 7.16. The van der Waals surface area contributed by atoms with Crippen LogP contribution in [0.4, 0.5) is 0 Å². The summed E-state index contributed by atoms with van der Waals surface area (Å²) in [7, 11) is 0. The van der Waals surface area contributed by atoms with Crippen molar-refractivity contribution >= 4 is 22.9 Å². The highest BCUT2D eigenvalue weighted by Crippen LogP contribution is 2.26. The zero-order chi connectivity index (χ0) is 15.2. The van der Waals surface area contributed by atoms with Crippen molar-refractivity contribution < 1.29 is 4.74 Å². The standard InChI is InChI=1S/C16H21ClN2OS/c1-11(2)7-18-8-16-19-13(10-21-16)9-20-15-5-4-12(3)6-14(15)17/h4-6,10-11,18H,7-9H2,1-3H3. The number of nitrogens with one attached hydrogen (secondary N) is 1. The van der Waals surface area contributed by atoms with E-state index in [1.807, 2.05) is 30.5 Å². The topological polar surface area (TPSA) is 34.1 Å². The summed E-state index contributed by atoms with van der Waals surface area (Å²) in [6.07, 6.45) is 0. The van der Waals surface area contributed by atoms with Crippen molar-refractivity contribution in [2.75, 3.05) is 6.54 Å². The van der Waals surface area contributed by atoms with E-state index in [9.17, 15) is 0 Å². The van der Waals surface area contributed by atoms with Gasteiger partial charge in [0.1, 0.15) is 17.4 Å². The van der Waals surface area contributed by atoms with Crippen molar-refractivity contribution in [3.05, 3.63) is 44.9 Å². The third kappa shape index (κ3) is 5.30. The Morgan fingerprint density at radius 1 is 1.38 bits per heavy atom. The number of benzene rings is 1. The zero-order valence-corrected chi connectivity index (χ0v) is 14.2. The highest BCUT2D eigenvalue weighted by Gasteiger charge is 2.06. The summed E-state index contributed by atoms with van der Waals surface area (Å²) in [5.74, 6) is 1.35. The first-order chi connectivity index (χ1) is 10.0. The van der Waals surface area contributed by atoms with Crippen LogP contribution in [0.1, 0.15) is 30.1 Å². The number of nitrogens with zero attached hydrogens (tertiary/aromatic N) is 1. The van der Waals surface area contributed by atoms with Gasteiger partial charge in [-0.25, -0.2) is 4.98 Å². The molecule has 1 heterocycles. The van der Waals surface area contributed by atoms with Gasteiger partial charge in [0.25, 0.3) is 0 Å². The van der Waals surface area contributed by atoms with Crippen LogP contribution < -0.4 is 10.1 Å². The second kappa shape index (κ2) is 7.78. The van der Waals surface area contributed by atoms with Gasteiger partial charge >= 0.3 is 0 Å². The van der Waals surface area contributed by atoms with Gasteiger partial charge in [-0.3, -0.25) is 0 Å². The molecule has 21 heavy (non-hydrogen) atoms. The Morgan fingerprint density at radius 3 is 2.90 bits per heavy atom. The monoisotopic (exact) mass is 324 g/mol. The minimum absolute atomic E-state index is 0.448. The molecule has 2 aromatic rings. The van der Waals surface area contributed by atoms with Crippen molar-refractivity contribution in [3.63, 3.8) is 0 Å². The SMILES string of the molecule is Cc1ccc(OCc2csc(CNCC(C)C)n2)c(Cl)c1. The van der Waals surface area contributed by atoms with Gasteiger partial charge in [0.05, 0.1) is 10.7 Å². The Bertz CT molecular complexity index is 583. The number of halogens is 1. The smallest absolute Gasteiger partial charge is 0.138 e. The molecule has 0 unspecified atom stereocenters. The molecule has 0 saturated heterocycles. The molecule has 2 rings (SSSR count). The molecule has 5 heteroatoms. The second-order valence-corrected chi connectivity index (χ2v) is 6.83. The van der Waals surface area contributed by atoms with E-state index in [0.29, 0.717) is 23.3 Å². The molecule has 0 aliphatic heterocycles. The van der Waals surface area contributed by atoms with Gasteiger partial charge in [0.2, 0.25) is 0 Å². The Kier molecular flexibility index (Phi) is 6.03. The fourth-order valence-corrected chi connectivity index (χ4v) is 2.88. The van der Waals surface area contributed by atoms with Crippen LogP contribution in [0.25, 0.3) is 0 Å². The minimum Gasteiger partial charge on any atom is -0.486 e. The molecule has 0 bridgehead atoms. The molecule has 1 aromatic carbocycles. The molecule has 0 fully saturated rings. The van der Waals surface area contributed by atoms with E-state index in [0.717, 1.165) is 29.4 Å². The summed E-state index contributed by atoms with van der Waals surface area (Å²) < 4.78 is 5.73. The lowest BCUT2D eigenvalue weighted by Gasteiger charge is -2.07. The number of thiazole rings is 1. The summed E-state index contributed by atoms with van der Waals surface area (Å²) >= 11 is 7.80. The molecular weight excluding hydrogens is 304 g/mol. The van der Waals surface area contributed by atoms with Crippen molar-refractivity contribution in [1.82, 2.24) is 10.3 Å². The average Bonchev–Trinajstić information content (AvgIpc) is 2.85. The fourth-order valence-electron chi connectivity index (χ4n) is 1.84. The molecule has 1 aromatic heterocycles. The maximum atomic E-state index is 6.15. The van der Waals surface area contributed by atoms with Crippen molar-refractivity contribution in [2.24, 2.45) is 5.92 Å². The zero-order valence-electron chi connectivity index (χ0n) is 12.6. The lowest BCUT2D eigenvalue weighted by molar-refractivity contribution is 0.302. The van der Waals surface area contributed by atoms with Crippen LogP contribution in [0.3, 0.4) is 0 Å². The quantitative estimate of drug-likeness (QED) is 0.818. The lowest BCUT2D eigenvalue weighted by Crippen LogP contribution is -2.18. The maximum Gasteiger partial charge on any atom is 0.138 e. The van der Waals surface area contributed by atoms with Crippen molar-refractivity contribution in [3.8, 4) is 5.75 Å². The van der Waals surface area contributed by atoms with Gasteiger partial charge in [-0.05, 0) is 37.1 Å². The predicted molar refractivity (Wildman–Crippen MR) is 89.2 cm³/mol. The predicted octanol–water partition coefficient (Wildman–Crippen LogP) is 4.43. The molecule has 3 nitrogen and oxygen atoms in total. The van der Waals surface area contributed by atoms with Gasteiger partial charge < -0.3 is 10.1 Å². The first-order valence-corrected chi connectivity index (χ1v) is 8.33. The molecule has 0 saturated carbocycles. The molecule has 0 aliphatic rings. The normalized spacial score (nSPS) is 11.1. The van der Waals surface area contributed by atoms with Crippen molar-refractivity contribution in [1.29, 1.82) is 0 Å². The van der Waals surface area contributed by atoms with Crippen LogP contribution >= 0.6 is 22.9 Å². The van der Waals surface area contributed by atoms with Crippen LogP contribution in [0, 0.1) is 12.8 Å². The first kappa shape index (κ1) is 16.3. The third-order valence-corrected chi connectivity index (χ3v) is 4.08. The molecule has 0 radical (unpaired) electrons. The molecule has 0 spiro atoms. The number of hydrogen-bond acceptors (Lipinski definition) is 4. The number of ether oxygens (including phenoxy) is 1. The summed E-state index contributed by atoms with van der Waals surface area (Å²) in [4.78, 5) is 4.56. The Morgan fingerprint density at radius 2 is 2.19 bits per heavy atom. The average molecular weight is 325 g/mol. The Hall–Kier alpha value is -1.10. The second-order valence-electron chi connectivity index (χ2n) is 5.48. The van der Waals surface area contributed by atoms with Gasteiger partial charge in [-0.15, -0.1) is 11.3 Å². The number of aromatic nitrogens is 1.